The van der Waals surface area contributed by atoms with Crippen LogP contribution in [0.2, 0.25) is 0 Å². The molecule has 0 aliphatic heterocycles. The van der Waals surface area contributed by atoms with Gasteiger partial charge in [0.2, 0.25) is 0 Å². The summed E-state index contributed by atoms with van der Waals surface area (Å²) in [7, 11) is 0. The van der Waals surface area contributed by atoms with E-state index in [1.807, 2.05) is 0 Å². The molecular formula is C11H10FN3O. The molecule has 2 N–H and O–H groups in total. The molecule has 1 amide bonds. The predicted molar refractivity (Wildman–Crippen MR) is 57.7 cm³/mol. The highest BCUT2D eigenvalue weighted by Crippen LogP contribution is 2.12. The fourth-order valence-electron chi connectivity index (χ4n) is 1.33. The summed E-state index contributed by atoms with van der Waals surface area (Å²) in [6.45, 7) is 1.80. The number of H-pyrrole nitrogens is 1. The first-order valence-corrected chi connectivity index (χ1v) is 4.73. The molecule has 0 radical (unpaired) electrons. The van der Waals surface area contributed by atoms with Crippen LogP contribution in [0.15, 0.2) is 30.5 Å². The lowest BCUT2D eigenvalue weighted by atomic mass is 10.1. The van der Waals surface area contributed by atoms with Crippen molar-refractivity contribution in [1.82, 2.24) is 10.2 Å². The third kappa shape index (κ3) is 2.08. The van der Waals surface area contributed by atoms with Crippen molar-refractivity contribution in [1.29, 1.82) is 0 Å². The Balaban J connectivity index is 2.24. The van der Waals surface area contributed by atoms with Crippen molar-refractivity contribution in [3.63, 3.8) is 0 Å². The van der Waals surface area contributed by atoms with Crippen LogP contribution < -0.4 is 5.32 Å². The molecular weight excluding hydrogens is 209 g/mol. The second-order valence-corrected chi connectivity index (χ2v) is 3.41. The number of hydrogen-bond donors (Lipinski definition) is 2. The standard InChI is InChI=1S/C11H10FN3O/c1-7-2-3-9(12)8(6-7)11(16)14-10-4-5-13-15-10/h2-6H,1H3,(H2,13,14,15,16). The molecule has 0 bridgehead atoms. The smallest absolute Gasteiger partial charge is 0.259 e. The van der Waals surface area contributed by atoms with Crippen molar-refractivity contribution in [2.45, 2.75) is 6.92 Å². The van der Waals surface area contributed by atoms with Gasteiger partial charge in [-0.05, 0) is 19.1 Å². The van der Waals surface area contributed by atoms with Crippen LogP contribution in [-0.4, -0.2) is 16.1 Å². The Labute approximate surface area is 91.5 Å². The molecule has 0 aliphatic rings. The quantitative estimate of drug-likeness (QED) is 0.812. The van der Waals surface area contributed by atoms with Gasteiger partial charge >= 0.3 is 0 Å². The minimum Gasteiger partial charge on any atom is -0.307 e. The monoisotopic (exact) mass is 219 g/mol. The summed E-state index contributed by atoms with van der Waals surface area (Å²) >= 11 is 0. The number of halogens is 1. The van der Waals surface area contributed by atoms with Crippen molar-refractivity contribution in [3.8, 4) is 0 Å². The van der Waals surface area contributed by atoms with Gasteiger partial charge in [0.1, 0.15) is 11.6 Å². The first-order valence-electron chi connectivity index (χ1n) is 4.73. The average molecular weight is 219 g/mol. The van der Waals surface area contributed by atoms with Crippen LogP contribution in [0.1, 0.15) is 15.9 Å². The molecule has 0 saturated heterocycles. The summed E-state index contributed by atoms with van der Waals surface area (Å²) in [5, 5.41) is 8.75. The number of nitrogens with zero attached hydrogens (tertiary/aromatic N) is 1. The lowest BCUT2D eigenvalue weighted by Gasteiger charge is -2.04. The van der Waals surface area contributed by atoms with E-state index in [9.17, 15) is 9.18 Å². The summed E-state index contributed by atoms with van der Waals surface area (Å²) in [6, 6.07) is 5.98. The molecule has 0 fully saturated rings. The molecule has 1 heterocycles. The number of aryl methyl sites for hydroxylation is 1. The van der Waals surface area contributed by atoms with E-state index < -0.39 is 11.7 Å². The number of benzene rings is 1. The van der Waals surface area contributed by atoms with Gasteiger partial charge in [0.15, 0.2) is 0 Å². The van der Waals surface area contributed by atoms with Gasteiger partial charge in [-0.1, -0.05) is 11.6 Å². The lowest BCUT2D eigenvalue weighted by Crippen LogP contribution is -2.14. The summed E-state index contributed by atoms with van der Waals surface area (Å²) in [5.74, 6) is -0.598. The van der Waals surface area contributed by atoms with Crippen LogP contribution in [0.3, 0.4) is 0 Å². The fourth-order valence-corrected chi connectivity index (χ4v) is 1.33. The molecule has 0 atom stereocenters. The Hall–Kier alpha value is -2.17. The first kappa shape index (κ1) is 10.4. The molecule has 0 aliphatic carbocycles. The van der Waals surface area contributed by atoms with Crippen molar-refractivity contribution in [2.24, 2.45) is 0 Å². The Kier molecular flexibility index (Phi) is 2.68. The molecule has 4 nitrogen and oxygen atoms in total. The van der Waals surface area contributed by atoms with E-state index >= 15 is 0 Å². The zero-order valence-corrected chi connectivity index (χ0v) is 8.62. The van der Waals surface area contributed by atoms with E-state index in [4.69, 9.17) is 0 Å². The van der Waals surface area contributed by atoms with E-state index in [0.29, 0.717) is 5.82 Å². The summed E-state index contributed by atoms with van der Waals surface area (Å²) in [6.07, 6.45) is 1.50. The summed E-state index contributed by atoms with van der Waals surface area (Å²) in [4.78, 5) is 11.7. The average Bonchev–Trinajstić information content (AvgIpc) is 2.74. The number of carbonyl (C=O) groups is 1. The molecule has 5 heteroatoms. The molecule has 0 unspecified atom stereocenters. The molecule has 16 heavy (non-hydrogen) atoms. The van der Waals surface area contributed by atoms with Gasteiger partial charge in [-0.15, -0.1) is 0 Å². The van der Waals surface area contributed by atoms with E-state index in [1.165, 1.54) is 18.3 Å². The van der Waals surface area contributed by atoms with E-state index in [-0.39, 0.29) is 5.56 Å². The highest BCUT2D eigenvalue weighted by Gasteiger charge is 2.12. The van der Waals surface area contributed by atoms with Gasteiger partial charge in [0, 0.05) is 6.07 Å². The van der Waals surface area contributed by atoms with Crippen LogP contribution in [-0.2, 0) is 0 Å². The van der Waals surface area contributed by atoms with Crippen molar-refractivity contribution < 1.29 is 9.18 Å². The number of amides is 1. The highest BCUT2D eigenvalue weighted by molar-refractivity contribution is 6.04. The van der Waals surface area contributed by atoms with Crippen LogP contribution >= 0.6 is 0 Å². The van der Waals surface area contributed by atoms with Gasteiger partial charge in [-0.2, -0.15) is 5.10 Å². The third-order valence-electron chi connectivity index (χ3n) is 2.12. The maximum absolute atomic E-state index is 13.4. The maximum Gasteiger partial charge on any atom is 0.259 e. The second kappa shape index (κ2) is 4.14. The SMILES string of the molecule is Cc1ccc(F)c(C(=O)Nc2ccn[nH]2)c1. The largest absolute Gasteiger partial charge is 0.307 e. The molecule has 1 aromatic heterocycles. The molecule has 2 aromatic rings. The normalized spacial score (nSPS) is 10.1. The number of rotatable bonds is 2. The summed E-state index contributed by atoms with van der Waals surface area (Å²) < 4.78 is 13.4. The molecule has 1 aromatic carbocycles. The van der Waals surface area contributed by atoms with Gasteiger partial charge in [0.25, 0.3) is 5.91 Å². The minimum absolute atomic E-state index is 0.0228. The number of aromatic nitrogens is 2. The Morgan fingerprint density at radius 2 is 2.25 bits per heavy atom. The Morgan fingerprint density at radius 1 is 1.44 bits per heavy atom. The topological polar surface area (TPSA) is 57.8 Å². The van der Waals surface area contributed by atoms with Crippen molar-refractivity contribution >= 4 is 11.7 Å². The molecule has 0 saturated carbocycles. The lowest BCUT2D eigenvalue weighted by molar-refractivity contribution is 0.102. The van der Waals surface area contributed by atoms with Gasteiger partial charge in [0.05, 0.1) is 11.8 Å². The first-order chi connectivity index (χ1) is 7.66. The third-order valence-corrected chi connectivity index (χ3v) is 2.12. The van der Waals surface area contributed by atoms with Gasteiger partial charge < -0.3 is 5.32 Å². The number of aromatic amines is 1. The highest BCUT2D eigenvalue weighted by atomic mass is 19.1. The van der Waals surface area contributed by atoms with E-state index in [0.717, 1.165) is 5.56 Å². The van der Waals surface area contributed by atoms with Crippen LogP contribution in [0.25, 0.3) is 0 Å². The Morgan fingerprint density at radius 3 is 2.94 bits per heavy atom. The van der Waals surface area contributed by atoms with Crippen molar-refractivity contribution in [3.05, 3.63) is 47.4 Å². The molecule has 82 valence electrons. The molecule has 2 rings (SSSR count). The number of hydrogen-bond acceptors (Lipinski definition) is 2. The van der Waals surface area contributed by atoms with Gasteiger partial charge in [-0.3, -0.25) is 9.89 Å². The predicted octanol–water partition coefficient (Wildman–Crippen LogP) is 2.11. The Bertz CT molecular complexity index is 508. The number of nitrogens with one attached hydrogen (secondary N) is 2. The molecule has 0 spiro atoms. The van der Waals surface area contributed by atoms with Gasteiger partial charge in [-0.25, -0.2) is 4.39 Å². The van der Waals surface area contributed by atoms with E-state index in [2.05, 4.69) is 15.5 Å². The minimum atomic E-state index is -0.539. The maximum atomic E-state index is 13.4. The van der Waals surface area contributed by atoms with E-state index in [1.54, 1.807) is 19.1 Å². The summed E-state index contributed by atoms with van der Waals surface area (Å²) in [5.41, 5.74) is 0.853. The number of anilines is 1. The second-order valence-electron chi connectivity index (χ2n) is 3.41. The zero-order chi connectivity index (χ0) is 11.5. The van der Waals surface area contributed by atoms with Crippen molar-refractivity contribution in [2.75, 3.05) is 5.32 Å². The van der Waals surface area contributed by atoms with Crippen LogP contribution in [0.5, 0.6) is 0 Å². The zero-order valence-electron chi connectivity index (χ0n) is 8.62. The van der Waals surface area contributed by atoms with Crippen LogP contribution in [0.4, 0.5) is 10.2 Å². The fraction of sp³-hybridized carbons (Fsp3) is 0.0909. The number of carbonyl (C=O) groups excluding carboxylic acids is 1. The van der Waals surface area contributed by atoms with Crippen LogP contribution in [0, 0.1) is 12.7 Å².